The smallest absolute Gasteiger partial charge is 0.194 e. The maximum Gasteiger partial charge on any atom is 0.194 e. The highest BCUT2D eigenvalue weighted by Crippen LogP contribution is 2.39. The zero-order chi connectivity index (χ0) is 24.9. The maximum atomic E-state index is 13.0. The fraction of sp³-hybridized carbons (Fsp3) is 0.536. The third-order valence-electron chi connectivity index (χ3n) is 6.09. The SMILES string of the molecule is CCCI.CCN(CC)CCOc1ccc2c(c1)C(=O)c1cc(OCCN(CC)CC)ccc1-2. The Balaban J connectivity index is 0.000000945. The van der Waals surface area contributed by atoms with Gasteiger partial charge in [-0.3, -0.25) is 4.79 Å². The van der Waals surface area contributed by atoms with Gasteiger partial charge >= 0.3 is 0 Å². The van der Waals surface area contributed by atoms with E-state index in [1.54, 1.807) is 0 Å². The second kappa shape index (κ2) is 15.4. The number of likely N-dealkylation sites (N-methyl/N-ethyl adjacent to an activating group) is 2. The van der Waals surface area contributed by atoms with E-state index in [2.05, 4.69) is 67.0 Å². The summed E-state index contributed by atoms with van der Waals surface area (Å²) in [4.78, 5) is 17.6. The molecule has 0 bridgehead atoms. The Morgan fingerprint density at radius 1 is 0.676 bits per heavy atom. The number of carbonyl (C=O) groups is 1. The van der Waals surface area contributed by atoms with Gasteiger partial charge < -0.3 is 19.3 Å². The van der Waals surface area contributed by atoms with E-state index < -0.39 is 0 Å². The minimum Gasteiger partial charge on any atom is -0.492 e. The van der Waals surface area contributed by atoms with E-state index in [-0.39, 0.29) is 5.78 Å². The molecule has 0 aromatic heterocycles. The molecular formula is C28H41IN2O3. The molecule has 3 rings (SSSR count). The van der Waals surface area contributed by atoms with Crippen molar-refractivity contribution in [2.75, 3.05) is 56.9 Å². The van der Waals surface area contributed by atoms with Crippen LogP contribution in [-0.4, -0.2) is 72.5 Å². The third-order valence-corrected chi connectivity index (χ3v) is 7.17. The Hall–Kier alpha value is -1.64. The standard InChI is InChI=1S/C25H34N2O3.C3H7I/c1-5-26(6-2)13-15-29-19-9-11-21-22-12-10-20(30-16-14-27(7-3)8-4)18-24(22)25(28)23(21)17-19;1-2-3-4/h9-12,17-18H,5-8,13-16H2,1-4H3;2-3H2,1H3. The molecule has 0 radical (unpaired) electrons. The van der Waals surface area contributed by atoms with Gasteiger partial charge in [-0.1, -0.05) is 57.2 Å². The van der Waals surface area contributed by atoms with Gasteiger partial charge in [0.2, 0.25) is 0 Å². The van der Waals surface area contributed by atoms with Crippen molar-refractivity contribution in [2.45, 2.75) is 41.0 Å². The Morgan fingerprint density at radius 3 is 1.38 bits per heavy atom. The molecule has 0 amide bonds. The summed E-state index contributed by atoms with van der Waals surface area (Å²) in [6.45, 7) is 17.8. The van der Waals surface area contributed by atoms with E-state index >= 15 is 0 Å². The number of fused-ring (bicyclic) bond motifs is 3. The Bertz CT molecular complexity index is 824. The summed E-state index contributed by atoms with van der Waals surface area (Å²) in [5.41, 5.74) is 3.37. The van der Waals surface area contributed by atoms with Crippen LogP contribution in [0.3, 0.4) is 0 Å². The van der Waals surface area contributed by atoms with E-state index in [4.69, 9.17) is 9.47 Å². The molecule has 5 nitrogen and oxygen atoms in total. The van der Waals surface area contributed by atoms with Crippen molar-refractivity contribution in [1.82, 2.24) is 9.80 Å². The molecule has 0 saturated carbocycles. The van der Waals surface area contributed by atoms with Crippen molar-refractivity contribution in [2.24, 2.45) is 0 Å². The van der Waals surface area contributed by atoms with Crippen LogP contribution in [0.5, 0.6) is 11.5 Å². The first-order chi connectivity index (χ1) is 16.5. The average molecular weight is 581 g/mol. The topological polar surface area (TPSA) is 42.0 Å². The summed E-state index contributed by atoms with van der Waals surface area (Å²) in [6, 6.07) is 11.6. The fourth-order valence-corrected chi connectivity index (χ4v) is 3.88. The fourth-order valence-electron chi connectivity index (χ4n) is 3.88. The zero-order valence-electron chi connectivity index (χ0n) is 21.5. The molecule has 0 heterocycles. The molecule has 2 aromatic rings. The van der Waals surface area contributed by atoms with Gasteiger partial charge in [-0.05, 0) is 84.6 Å². The van der Waals surface area contributed by atoms with E-state index in [0.29, 0.717) is 24.3 Å². The largest absolute Gasteiger partial charge is 0.492 e. The lowest BCUT2D eigenvalue weighted by atomic mass is 10.1. The molecule has 0 unspecified atom stereocenters. The Labute approximate surface area is 219 Å². The second-order valence-corrected chi connectivity index (χ2v) is 9.26. The van der Waals surface area contributed by atoms with Crippen LogP contribution in [0, 0.1) is 0 Å². The quantitative estimate of drug-likeness (QED) is 0.179. The minimum atomic E-state index is 0.0448. The lowest BCUT2D eigenvalue weighted by Gasteiger charge is -2.18. The summed E-state index contributed by atoms with van der Waals surface area (Å²) in [6.07, 6.45) is 1.31. The number of hydrogen-bond donors (Lipinski definition) is 0. The number of ether oxygens (including phenoxy) is 2. The Kier molecular flexibility index (Phi) is 12.9. The molecular weight excluding hydrogens is 539 g/mol. The molecule has 0 spiro atoms. The highest BCUT2D eigenvalue weighted by Gasteiger charge is 2.27. The van der Waals surface area contributed by atoms with Crippen LogP contribution in [0.2, 0.25) is 0 Å². The third kappa shape index (κ3) is 7.95. The molecule has 0 saturated heterocycles. The van der Waals surface area contributed by atoms with Crippen molar-refractivity contribution < 1.29 is 14.3 Å². The molecule has 0 atom stereocenters. The summed E-state index contributed by atoms with van der Waals surface area (Å²) in [5, 5.41) is 0. The normalized spacial score (nSPS) is 11.8. The van der Waals surface area contributed by atoms with E-state index in [9.17, 15) is 4.79 Å². The van der Waals surface area contributed by atoms with E-state index in [1.165, 1.54) is 10.8 Å². The van der Waals surface area contributed by atoms with Gasteiger partial charge in [0.05, 0.1) is 0 Å². The van der Waals surface area contributed by atoms with E-state index in [0.717, 1.165) is 61.9 Å². The van der Waals surface area contributed by atoms with Crippen LogP contribution in [0.25, 0.3) is 11.1 Å². The molecule has 0 N–H and O–H groups in total. The molecule has 34 heavy (non-hydrogen) atoms. The van der Waals surface area contributed by atoms with Crippen molar-refractivity contribution in [3.63, 3.8) is 0 Å². The second-order valence-electron chi connectivity index (χ2n) is 8.18. The number of hydrogen-bond acceptors (Lipinski definition) is 5. The molecule has 0 aliphatic heterocycles. The van der Waals surface area contributed by atoms with Crippen LogP contribution in [0.1, 0.15) is 57.0 Å². The van der Waals surface area contributed by atoms with Gasteiger partial charge in [-0.15, -0.1) is 0 Å². The maximum absolute atomic E-state index is 13.0. The monoisotopic (exact) mass is 580 g/mol. The summed E-state index contributed by atoms with van der Waals surface area (Å²) < 4.78 is 13.1. The molecule has 1 aliphatic rings. The number of benzene rings is 2. The van der Waals surface area contributed by atoms with Gasteiger partial charge in [0.15, 0.2) is 5.78 Å². The molecule has 2 aromatic carbocycles. The molecule has 6 heteroatoms. The number of halogens is 1. The number of rotatable bonds is 13. The van der Waals surface area contributed by atoms with Gasteiger partial charge in [-0.25, -0.2) is 0 Å². The highest BCUT2D eigenvalue weighted by molar-refractivity contribution is 14.1. The van der Waals surface area contributed by atoms with Crippen LogP contribution < -0.4 is 9.47 Å². The average Bonchev–Trinajstić information content (AvgIpc) is 3.15. The summed E-state index contributed by atoms with van der Waals surface area (Å²) in [5.74, 6) is 1.54. The lowest BCUT2D eigenvalue weighted by Crippen LogP contribution is -2.27. The highest BCUT2D eigenvalue weighted by atomic mass is 127. The first kappa shape index (κ1) is 28.6. The van der Waals surface area contributed by atoms with Gasteiger partial charge in [0.1, 0.15) is 24.7 Å². The summed E-state index contributed by atoms with van der Waals surface area (Å²) >= 11 is 2.35. The lowest BCUT2D eigenvalue weighted by molar-refractivity contribution is 0.104. The number of nitrogens with zero attached hydrogens (tertiary/aromatic N) is 2. The van der Waals surface area contributed by atoms with Crippen LogP contribution >= 0.6 is 22.6 Å². The van der Waals surface area contributed by atoms with E-state index in [1.807, 2.05) is 36.4 Å². The first-order valence-electron chi connectivity index (χ1n) is 12.6. The predicted octanol–water partition coefficient (Wildman–Crippen LogP) is 6.17. The van der Waals surface area contributed by atoms with Crippen LogP contribution in [-0.2, 0) is 0 Å². The molecule has 1 aliphatic carbocycles. The number of carbonyl (C=O) groups excluding carboxylic acids is 1. The number of alkyl halides is 1. The zero-order valence-corrected chi connectivity index (χ0v) is 23.7. The number of ketones is 1. The van der Waals surface area contributed by atoms with Crippen molar-refractivity contribution in [3.05, 3.63) is 47.5 Å². The molecule has 188 valence electrons. The van der Waals surface area contributed by atoms with Gasteiger partial charge in [0.25, 0.3) is 0 Å². The van der Waals surface area contributed by atoms with Crippen molar-refractivity contribution in [3.8, 4) is 22.6 Å². The van der Waals surface area contributed by atoms with Crippen molar-refractivity contribution >= 4 is 28.4 Å². The van der Waals surface area contributed by atoms with Crippen LogP contribution in [0.4, 0.5) is 0 Å². The van der Waals surface area contributed by atoms with Crippen molar-refractivity contribution in [1.29, 1.82) is 0 Å². The first-order valence-corrected chi connectivity index (χ1v) is 14.1. The predicted molar refractivity (Wildman–Crippen MR) is 151 cm³/mol. The molecule has 0 fully saturated rings. The van der Waals surface area contributed by atoms with Crippen LogP contribution in [0.15, 0.2) is 36.4 Å². The summed E-state index contributed by atoms with van der Waals surface area (Å²) in [7, 11) is 0. The Morgan fingerprint density at radius 2 is 1.06 bits per heavy atom. The van der Waals surface area contributed by atoms with Gasteiger partial charge in [0, 0.05) is 24.2 Å². The minimum absolute atomic E-state index is 0.0448. The van der Waals surface area contributed by atoms with Gasteiger partial charge in [-0.2, -0.15) is 0 Å².